The van der Waals surface area contributed by atoms with Crippen LogP contribution in [-0.2, 0) is 11.2 Å². The van der Waals surface area contributed by atoms with Crippen molar-refractivity contribution >= 4 is 16.8 Å². The monoisotopic (exact) mass is 414 g/mol. The second-order valence-electron chi connectivity index (χ2n) is 8.31. The van der Waals surface area contributed by atoms with Gasteiger partial charge < -0.3 is 14.3 Å². The van der Waals surface area contributed by atoms with Crippen LogP contribution in [0.3, 0.4) is 0 Å². The molecule has 0 spiro atoms. The van der Waals surface area contributed by atoms with Crippen molar-refractivity contribution in [3.8, 4) is 11.5 Å². The van der Waals surface area contributed by atoms with Crippen LogP contribution >= 0.6 is 0 Å². The normalized spacial score (nSPS) is 14.9. The molecule has 6 nitrogen and oxygen atoms in total. The molecule has 31 heavy (non-hydrogen) atoms. The van der Waals surface area contributed by atoms with E-state index in [1.165, 1.54) is 22.0 Å². The van der Waals surface area contributed by atoms with Gasteiger partial charge in [-0.2, -0.15) is 0 Å². The summed E-state index contributed by atoms with van der Waals surface area (Å²) in [5.74, 6) is 1.67. The van der Waals surface area contributed by atoms with Crippen LogP contribution < -0.4 is 0 Å². The third-order valence-electron chi connectivity index (χ3n) is 6.23. The van der Waals surface area contributed by atoms with Crippen LogP contribution in [0.5, 0.6) is 0 Å². The third-order valence-corrected chi connectivity index (χ3v) is 6.23. The summed E-state index contributed by atoms with van der Waals surface area (Å²) in [5, 5.41) is 9.54. The van der Waals surface area contributed by atoms with Crippen molar-refractivity contribution in [3.05, 3.63) is 71.7 Å². The van der Waals surface area contributed by atoms with Gasteiger partial charge in [0.05, 0.1) is 0 Å². The van der Waals surface area contributed by atoms with Gasteiger partial charge >= 0.3 is 0 Å². The summed E-state index contributed by atoms with van der Waals surface area (Å²) in [4.78, 5) is 18.1. The number of hydrogen-bond acceptors (Lipinski definition) is 4. The van der Waals surface area contributed by atoms with Gasteiger partial charge in [-0.05, 0) is 49.4 Å². The fraction of sp³-hybridized carbons (Fsp3) is 0.320. The minimum atomic E-state index is 0.160. The molecule has 0 saturated carbocycles. The van der Waals surface area contributed by atoms with E-state index >= 15 is 0 Å². The third kappa shape index (κ3) is 4.10. The van der Waals surface area contributed by atoms with Crippen molar-refractivity contribution in [3.63, 3.8) is 0 Å². The number of aromatic nitrogens is 3. The van der Waals surface area contributed by atoms with E-state index in [-0.39, 0.29) is 5.91 Å². The molecule has 1 N–H and O–H groups in total. The van der Waals surface area contributed by atoms with Crippen LogP contribution in [0.1, 0.15) is 42.2 Å². The maximum absolute atomic E-state index is 12.7. The molecule has 0 bridgehead atoms. The molecule has 2 aromatic heterocycles. The number of benzene rings is 2. The maximum Gasteiger partial charge on any atom is 0.247 e. The molecule has 4 aromatic rings. The van der Waals surface area contributed by atoms with Crippen molar-refractivity contribution in [1.29, 1.82) is 0 Å². The highest BCUT2D eigenvalue weighted by Gasteiger charge is 2.25. The van der Waals surface area contributed by atoms with E-state index in [0.29, 0.717) is 30.5 Å². The largest absolute Gasteiger partial charge is 0.421 e. The van der Waals surface area contributed by atoms with Crippen molar-refractivity contribution in [1.82, 2.24) is 20.1 Å². The predicted octanol–water partition coefficient (Wildman–Crippen LogP) is 4.87. The molecule has 1 saturated heterocycles. The summed E-state index contributed by atoms with van der Waals surface area (Å²) in [6.07, 6.45) is 4.98. The van der Waals surface area contributed by atoms with Crippen molar-refractivity contribution < 1.29 is 9.21 Å². The number of para-hydroxylation sites is 1. The summed E-state index contributed by atoms with van der Waals surface area (Å²) < 4.78 is 5.76. The van der Waals surface area contributed by atoms with Crippen LogP contribution in [0.4, 0.5) is 0 Å². The molecule has 0 aliphatic carbocycles. The van der Waals surface area contributed by atoms with Gasteiger partial charge in [0.25, 0.3) is 0 Å². The average molecular weight is 415 g/mol. The average Bonchev–Trinajstić information content (AvgIpc) is 3.45. The second-order valence-corrected chi connectivity index (χ2v) is 8.31. The Balaban J connectivity index is 1.15. The topological polar surface area (TPSA) is 75.0 Å². The highest BCUT2D eigenvalue weighted by Crippen LogP contribution is 2.33. The van der Waals surface area contributed by atoms with Gasteiger partial charge in [0, 0.05) is 48.6 Å². The molecule has 1 aliphatic rings. The highest BCUT2D eigenvalue weighted by molar-refractivity contribution is 5.83. The number of nitrogens with one attached hydrogen (secondary N) is 1. The van der Waals surface area contributed by atoms with Crippen LogP contribution in [-0.4, -0.2) is 39.1 Å². The minimum absolute atomic E-state index is 0.160. The number of aromatic amines is 1. The van der Waals surface area contributed by atoms with Crippen LogP contribution in [0.2, 0.25) is 0 Å². The smallest absolute Gasteiger partial charge is 0.247 e. The van der Waals surface area contributed by atoms with E-state index in [9.17, 15) is 4.79 Å². The molecule has 1 fully saturated rings. The molecule has 0 atom stereocenters. The van der Waals surface area contributed by atoms with E-state index in [1.807, 2.05) is 36.1 Å². The molecule has 1 aliphatic heterocycles. The van der Waals surface area contributed by atoms with Gasteiger partial charge in [-0.3, -0.25) is 4.79 Å². The van der Waals surface area contributed by atoms with Crippen molar-refractivity contribution in [2.45, 2.75) is 38.5 Å². The Labute approximate surface area is 181 Å². The molecule has 6 heteroatoms. The SMILES string of the molecule is Cc1ccc(-c2nnc(CCC(=O)N3CCC(c4c[nH]c5ccccc45)CC3)o2)cc1. The molecule has 5 rings (SSSR count). The van der Waals surface area contributed by atoms with Crippen molar-refractivity contribution in [2.24, 2.45) is 0 Å². The zero-order chi connectivity index (χ0) is 21.2. The lowest BCUT2D eigenvalue weighted by atomic mass is 9.89. The summed E-state index contributed by atoms with van der Waals surface area (Å²) in [7, 11) is 0. The molecule has 1 amide bonds. The van der Waals surface area contributed by atoms with Crippen LogP contribution in [0.25, 0.3) is 22.4 Å². The number of aryl methyl sites for hydroxylation is 2. The van der Waals surface area contributed by atoms with E-state index in [1.54, 1.807) is 0 Å². The summed E-state index contributed by atoms with van der Waals surface area (Å²) >= 11 is 0. The standard InChI is InChI=1S/C25H26N4O2/c1-17-6-8-19(9-7-17)25-28-27-23(31-25)10-11-24(30)29-14-12-18(13-15-29)21-16-26-22-5-3-2-4-20(21)22/h2-9,16,18,26H,10-15H2,1H3. The molecule has 0 radical (unpaired) electrons. The van der Waals surface area contributed by atoms with E-state index in [0.717, 1.165) is 31.5 Å². The second kappa shape index (κ2) is 8.38. The number of carbonyl (C=O) groups is 1. The van der Waals surface area contributed by atoms with Gasteiger partial charge in [-0.15, -0.1) is 10.2 Å². The Hall–Kier alpha value is -3.41. The molecule has 2 aromatic carbocycles. The number of fused-ring (bicyclic) bond motifs is 1. The first-order valence-corrected chi connectivity index (χ1v) is 10.9. The first kappa shape index (κ1) is 19.5. The van der Waals surface area contributed by atoms with Gasteiger partial charge in [-0.1, -0.05) is 35.9 Å². The number of likely N-dealkylation sites (tertiary alicyclic amines) is 1. The Bertz CT molecular complexity index is 1180. The van der Waals surface area contributed by atoms with E-state index < -0.39 is 0 Å². The summed E-state index contributed by atoms with van der Waals surface area (Å²) in [6, 6.07) is 16.4. The zero-order valence-electron chi connectivity index (χ0n) is 17.7. The Morgan fingerprint density at radius 1 is 1.10 bits per heavy atom. The lowest BCUT2D eigenvalue weighted by Crippen LogP contribution is -2.38. The quantitative estimate of drug-likeness (QED) is 0.506. The Morgan fingerprint density at radius 2 is 1.87 bits per heavy atom. The number of rotatable bonds is 5. The number of carbonyl (C=O) groups excluding carboxylic acids is 1. The van der Waals surface area contributed by atoms with Gasteiger partial charge in [-0.25, -0.2) is 0 Å². The zero-order valence-corrected chi connectivity index (χ0v) is 17.7. The van der Waals surface area contributed by atoms with E-state index in [4.69, 9.17) is 4.42 Å². The summed E-state index contributed by atoms with van der Waals surface area (Å²) in [6.45, 7) is 3.63. The van der Waals surface area contributed by atoms with Gasteiger partial charge in [0.2, 0.25) is 17.7 Å². The molecule has 0 unspecified atom stereocenters. The van der Waals surface area contributed by atoms with Crippen molar-refractivity contribution in [2.75, 3.05) is 13.1 Å². The molecule has 3 heterocycles. The Kier molecular flexibility index (Phi) is 5.28. The molecular weight excluding hydrogens is 388 g/mol. The summed E-state index contributed by atoms with van der Waals surface area (Å²) in [5.41, 5.74) is 4.63. The predicted molar refractivity (Wildman–Crippen MR) is 120 cm³/mol. The van der Waals surface area contributed by atoms with Gasteiger partial charge in [0.1, 0.15) is 0 Å². The number of H-pyrrole nitrogens is 1. The number of piperidine rings is 1. The van der Waals surface area contributed by atoms with Gasteiger partial charge in [0.15, 0.2) is 0 Å². The molecular formula is C25H26N4O2. The van der Waals surface area contributed by atoms with Crippen LogP contribution in [0, 0.1) is 6.92 Å². The highest BCUT2D eigenvalue weighted by atomic mass is 16.4. The fourth-order valence-electron chi connectivity index (χ4n) is 4.41. The minimum Gasteiger partial charge on any atom is -0.421 e. The fourth-order valence-corrected chi connectivity index (χ4v) is 4.41. The maximum atomic E-state index is 12.7. The number of hydrogen-bond donors (Lipinski definition) is 1. The first-order valence-electron chi connectivity index (χ1n) is 10.9. The van der Waals surface area contributed by atoms with E-state index in [2.05, 4.69) is 45.6 Å². The number of amides is 1. The Morgan fingerprint density at radius 3 is 2.68 bits per heavy atom. The first-order chi connectivity index (χ1) is 15.2. The number of nitrogens with zero attached hydrogens (tertiary/aromatic N) is 3. The van der Waals surface area contributed by atoms with Crippen LogP contribution in [0.15, 0.2) is 59.1 Å². The lowest BCUT2D eigenvalue weighted by Gasteiger charge is -2.32. The lowest BCUT2D eigenvalue weighted by molar-refractivity contribution is -0.132. The molecule has 158 valence electrons.